The van der Waals surface area contributed by atoms with E-state index in [2.05, 4.69) is 4.98 Å². The number of hydrogen-bond donors (Lipinski definition) is 1. The zero-order valence-corrected chi connectivity index (χ0v) is 13.3. The summed E-state index contributed by atoms with van der Waals surface area (Å²) >= 11 is 1.10. The number of aromatic nitrogens is 1. The van der Waals surface area contributed by atoms with Crippen molar-refractivity contribution in [3.05, 3.63) is 10.7 Å². The fourth-order valence-corrected chi connectivity index (χ4v) is 6.22. The Morgan fingerprint density at radius 3 is 2.60 bits per heavy atom. The highest BCUT2D eigenvalue weighted by molar-refractivity contribution is 7.91. The van der Waals surface area contributed by atoms with Gasteiger partial charge in [0.15, 0.2) is 4.21 Å². The molecule has 0 radical (unpaired) electrons. The minimum absolute atomic E-state index is 0.163. The molecule has 1 N–H and O–H groups in total. The summed E-state index contributed by atoms with van der Waals surface area (Å²) in [6, 6.07) is 0. The number of thiazole rings is 1. The van der Waals surface area contributed by atoms with E-state index >= 15 is 0 Å². The van der Waals surface area contributed by atoms with Crippen LogP contribution in [0, 0.1) is 13.8 Å². The highest BCUT2D eigenvalue weighted by Crippen LogP contribution is 2.39. The lowest BCUT2D eigenvalue weighted by atomic mass is 9.95. The molecule has 1 aliphatic heterocycles. The number of aryl methyl sites for hydroxylation is 2. The lowest BCUT2D eigenvalue weighted by molar-refractivity contribution is -0.147. The first-order valence-corrected chi connectivity index (χ1v) is 8.71. The molecule has 1 atom stereocenters. The van der Waals surface area contributed by atoms with E-state index in [4.69, 9.17) is 0 Å². The van der Waals surface area contributed by atoms with E-state index in [9.17, 15) is 18.3 Å². The van der Waals surface area contributed by atoms with Gasteiger partial charge in [-0.1, -0.05) is 6.92 Å². The van der Waals surface area contributed by atoms with Gasteiger partial charge in [0.25, 0.3) is 10.0 Å². The Kier molecular flexibility index (Phi) is 3.92. The van der Waals surface area contributed by atoms with Gasteiger partial charge in [-0.3, -0.25) is 4.79 Å². The van der Waals surface area contributed by atoms with Gasteiger partial charge in [-0.2, -0.15) is 4.31 Å². The Morgan fingerprint density at radius 1 is 1.50 bits per heavy atom. The van der Waals surface area contributed by atoms with E-state index in [1.165, 1.54) is 0 Å². The van der Waals surface area contributed by atoms with Crippen LogP contribution in [0.5, 0.6) is 0 Å². The Bertz CT molecular complexity index is 638. The molecule has 0 amide bonds. The maximum atomic E-state index is 12.8. The van der Waals surface area contributed by atoms with Crippen molar-refractivity contribution in [3.63, 3.8) is 0 Å². The van der Waals surface area contributed by atoms with Crippen LogP contribution in [0.25, 0.3) is 0 Å². The fourth-order valence-electron chi connectivity index (χ4n) is 2.77. The third kappa shape index (κ3) is 2.15. The van der Waals surface area contributed by atoms with Crippen molar-refractivity contribution in [2.45, 2.75) is 49.8 Å². The smallest absolute Gasteiger partial charge is 0.325 e. The van der Waals surface area contributed by atoms with Crippen molar-refractivity contribution in [2.75, 3.05) is 6.54 Å². The molecule has 112 valence electrons. The standard InChI is InChI=1S/C12H18N2O4S2/c1-4-12(11(15)16)6-5-7-14(12)20(17,18)10-8(2)13-9(3)19-10/h4-7H2,1-3H3,(H,15,16). The zero-order valence-electron chi connectivity index (χ0n) is 11.7. The number of hydrogen-bond acceptors (Lipinski definition) is 5. The topological polar surface area (TPSA) is 87.6 Å². The number of aliphatic carboxylic acids is 1. The number of rotatable bonds is 4. The van der Waals surface area contributed by atoms with Gasteiger partial charge in [-0.15, -0.1) is 11.3 Å². The summed E-state index contributed by atoms with van der Waals surface area (Å²) in [4.78, 5) is 15.7. The van der Waals surface area contributed by atoms with Crippen molar-refractivity contribution < 1.29 is 18.3 Å². The Balaban J connectivity index is 2.54. The maximum Gasteiger partial charge on any atom is 0.325 e. The molecule has 20 heavy (non-hydrogen) atoms. The summed E-state index contributed by atoms with van der Waals surface area (Å²) in [6.07, 6.45) is 1.18. The van der Waals surface area contributed by atoms with Crippen LogP contribution >= 0.6 is 11.3 Å². The van der Waals surface area contributed by atoms with Gasteiger partial charge in [0, 0.05) is 6.54 Å². The first-order chi connectivity index (χ1) is 9.25. The molecule has 0 aromatic carbocycles. The summed E-state index contributed by atoms with van der Waals surface area (Å²) in [6.45, 7) is 5.34. The monoisotopic (exact) mass is 318 g/mol. The third-order valence-electron chi connectivity index (χ3n) is 3.80. The molecule has 2 rings (SSSR count). The van der Waals surface area contributed by atoms with E-state index in [-0.39, 0.29) is 17.2 Å². The average Bonchev–Trinajstić information content (AvgIpc) is 2.93. The van der Waals surface area contributed by atoms with Crippen LogP contribution in [0.1, 0.15) is 36.9 Å². The van der Waals surface area contributed by atoms with E-state index in [0.29, 0.717) is 23.5 Å². The summed E-state index contributed by atoms with van der Waals surface area (Å²) in [5.74, 6) is -1.07. The summed E-state index contributed by atoms with van der Waals surface area (Å²) in [5.41, 5.74) is -0.877. The molecule has 6 nitrogen and oxygen atoms in total. The van der Waals surface area contributed by atoms with E-state index in [1.807, 2.05) is 0 Å². The molecule has 1 aromatic rings. The number of carboxylic acids is 1. The normalized spacial score (nSPS) is 24.1. The molecule has 0 spiro atoms. The van der Waals surface area contributed by atoms with Crippen LogP contribution in [0.3, 0.4) is 0 Å². The second-order valence-corrected chi connectivity index (χ2v) is 8.24. The number of sulfonamides is 1. The largest absolute Gasteiger partial charge is 0.480 e. The summed E-state index contributed by atoms with van der Waals surface area (Å²) in [5, 5.41) is 10.2. The van der Waals surface area contributed by atoms with Gasteiger partial charge >= 0.3 is 5.97 Å². The quantitative estimate of drug-likeness (QED) is 0.914. The van der Waals surface area contributed by atoms with Gasteiger partial charge in [-0.05, 0) is 33.1 Å². The van der Waals surface area contributed by atoms with E-state index in [1.54, 1.807) is 20.8 Å². The van der Waals surface area contributed by atoms with Crippen LogP contribution in [0.4, 0.5) is 0 Å². The molecular weight excluding hydrogens is 300 g/mol. The fraction of sp³-hybridized carbons (Fsp3) is 0.667. The number of carbonyl (C=O) groups is 1. The van der Waals surface area contributed by atoms with Gasteiger partial charge in [0.2, 0.25) is 0 Å². The molecule has 0 aliphatic carbocycles. The second kappa shape index (κ2) is 5.09. The third-order valence-corrected chi connectivity index (χ3v) is 7.42. The zero-order chi connectivity index (χ0) is 15.1. The molecule has 0 bridgehead atoms. The van der Waals surface area contributed by atoms with Crippen LogP contribution in [0.15, 0.2) is 4.21 Å². The second-order valence-electron chi connectivity index (χ2n) is 4.98. The number of carboxylic acid groups (broad SMARTS) is 1. The first-order valence-electron chi connectivity index (χ1n) is 6.46. The van der Waals surface area contributed by atoms with Gasteiger partial charge < -0.3 is 5.11 Å². The van der Waals surface area contributed by atoms with E-state index < -0.39 is 21.5 Å². The van der Waals surface area contributed by atoms with Gasteiger partial charge in [0.05, 0.1) is 10.7 Å². The Morgan fingerprint density at radius 2 is 2.15 bits per heavy atom. The van der Waals surface area contributed by atoms with Gasteiger partial charge in [0.1, 0.15) is 5.54 Å². The average molecular weight is 318 g/mol. The first kappa shape index (κ1) is 15.4. The molecular formula is C12H18N2O4S2. The lowest BCUT2D eigenvalue weighted by Gasteiger charge is -2.32. The van der Waals surface area contributed by atoms with Gasteiger partial charge in [-0.25, -0.2) is 13.4 Å². The van der Waals surface area contributed by atoms with Crippen LogP contribution < -0.4 is 0 Å². The molecule has 1 aromatic heterocycles. The predicted octanol–water partition coefficient (Wildman–Crippen LogP) is 1.78. The highest BCUT2D eigenvalue weighted by atomic mass is 32.2. The van der Waals surface area contributed by atoms with Crippen LogP contribution in [-0.2, 0) is 14.8 Å². The SMILES string of the molecule is CCC1(C(=O)O)CCCN1S(=O)(=O)c1sc(C)nc1C. The van der Waals surface area contributed by atoms with Crippen LogP contribution in [0.2, 0.25) is 0 Å². The highest BCUT2D eigenvalue weighted by Gasteiger charge is 2.52. The minimum Gasteiger partial charge on any atom is -0.480 e. The molecule has 1 aliphatic rings. The van der Waals surface area contributed by atoms with Crippen molar-refractivity contribution in [3.8, 4) is 0 Å². The molecule has 0 saturated carbocycles. The van der Waals surface area contributed by atoms with Crippen LogP contribution in [-0.4, -0.2) is 40.9 Å². The minimum atomic E-state index is -3.80. The van der Waals surface area contributed by atoms with Crippen molar-refractivity contribution in [1.82, 2.24) is 9.29 Å². The lowest BCUT2D eigenvalue weighted by Crippen LogP contribution is -2.52. The van der Waals surface area contributed by atoms with Crippen molar-refractivity contribution >= 4 is 27.3 Å². The van der Waals surface area contributed by atoms with Crippen molar-refractivity contribution in [1.29, 1.82) is 0 Å². The van der Waals surface area contributed by atoms with Crippen molar-refractivity contribution in [2.24, 2.45) is 0 Å². The molecule has 2 heterocycles. The Labute approximate surface area is 122 Å². The summed E-state index contributed by atoms with van der Waals surface area (Å²) < 4.78 is 26.9. The Hall–Kier alpha value is -0.990. The molecule has 1 fully saturated rings. The summed E-state index contributed by atoms with van der Waals surface area (Å²) in [7, 11) is -3.80. The molecule has 8 heteroatoms. The van der Waals surface area contributed by atoms with E-state index in [0.717, 1.165) is 15.6 Å². The maximum absolute atomic E-state index is 12.8. The number of nitrogens with zero attached hydrogens (tertiary/aromatic N) is 2. The molecule has 1 unspecified atom stereocenters. The predicted molar refractivity (Wildman–Crippen MR) is 75.4 cm³/mol. The molecule has 1 saturated heterocycles.